The maximum absolute atomic E-state index is 12.3. The molecule has 5 rings (SSSR count). The van der Waals surface area contributed by atoms with Gasteiger partial charge in [-0.05, 0) is 30.7 Å². The van der Waals surface area contributed by atoms with Crippen LogP contribution < -0.4 is 5.43 Å². The highest BCUT2D eigenvalue weighted by Crippen LogP contribution is 2.31. The summed E-state index contributed by atoms with van der Waals surface area (Å²) in [5.41, 5.74) is 3.96. The molecule has 0 aliphatic heterocycles. The molecular formula is C20H13N7O. The standard InChI is InChI=1S/C20H13N7O/c1-11-17(21-2)10-27(26-11)20-14(8-15-18(28)5-6-22-19(15)24-20)12-3-4-16-13(7-12)9-23-25-16/h3-10H,1H3,(H,23,25)(H,22,24,28). The van der Waals surface area contributed by atoms with E-state index in [0.717, 1.165) is 22.0 Å². The molecule has 5 aromatic rings. The van der Waals surface area contributed by atoms with E-state index in [0.29, 0.717) is 28.2 Å². The van der Waals surface area contributed by atoms with Crippen LogP contribution in [0.15, 0.2) is 53.7 Å². The minimum Gasteiger partial charge on any atom is -0.346 e. The number of aromatic nitrogens is 6. The highest BCUT2D eigenvalue weighted by Gasteiger charge is 2.16. The highest BCUT2D eigenvalue weighted by molar-refractivity contribution is 5.89. The van der Waals surface area contributed by atoms with Crippen LogP contribution in [0.25, 0.3) is 43.7 Å². The van der Waals surface area contributed by atoms with E-state index >= 15 is 0 Å². The minimum absolute atomic E-state index is 0.114. The van der Waals surface area contributed by atoms with Crippen LogP contribution in [0.4, 0.5) is 5.69 Å². The first-order chi connectivity index (χ1) is 13.6. The lowest BCUT2D eigenvalue weighted by molar-refractivity contribution is 0.838. The Morgan fingerprint density at radius 1 is 1.21 bits per heavy atom. The fourth-order valence-corrected chi connectivity index (χ4v) is 3.25. The summed E-state index contributed by atoms with van der Waals surface area (Å²) in [6, 6.07) is 9.14. The van der Waals surface area contributed by atoms with Crippen molar-refractivity contribution in [3.05, 3.63) is 76.3 Å². The molecule has 0 unspecified atom stereocenters. The van der Waals surface area contributed by atoms with Crippen LogP contribution in [0.3, 0.4) is 0 Å². The second-order valence-corrected chi connectivity index (χ2v) is 6.43. The van der Waals surface area contributed by atoms with E-state index in [1.54, 1.807) is 30.2 Å². The fraction of sp³-hybridized carbons (Fsp3) is 0.0500. The van der Waals surface area contributed by atoms with E-state index in [1.165, 1.54) is 6.07 Å². The molecule has 0 amide bonds. The van der Waals surface area contributed by atoms with Crippen molar-refractivity contribution in [2.45, 2.75) is 6.92 Å². The lowest BCUT2D eigenvalue weighted by Gasteiger charge is -2.11. The van der Waals surface area contributed by atoms with E-state index in [1.807, 2.05) is 24.3 Å². The number of aryl methyl sites for hydroxylation is 1. The van der Waals surface area contributed by atoms with Crippen LogP contribution in [0.2, 0.25) is 0 Å². The van der Waals surface area contributed by atoms with Crippen molar-refractivity contribution >= 4 is 27.6 Å². The molecule has 0 fully saturated rings. The Morgan fingerprint density at radius 3 is 2.93 bits per heavy atom. The van der Waals surface area contributed by atoms with Crippen LogP contribution in [0.5, 0.6) is 0 Å². The Hall–Kier alpha value is -4.25. The van der Waals surface area contributed by atoms with Gasteiger partial charge in [-0.15, -0.1) is 0 Å². The average Bonchev–Trinajstić information content (AvgIpc) is 3.32. The van der Waals surface area contributed by atoms with Gasteiger partial charge in [-0.2, -0.15) is 10.2 Å². The molecule has 134 valence electrons. The third-order valence-electron chi connectivity index (χ3n) is 4.68. The molecule has 0 aliphatic rings. The van der Waals surface area contributed by atoms with Crippen LogP contribution in [0.1, 0.15) is 5.69 Å². The number of H-pyrrole nitrogens is 2. The summed E-state index contributed by atoms with van der Waals surface area (Å²) < 4.78 is 1.59. The Kier molecular flexibility index (Phi) is 3.36. The molecule has 0 aliphatic carbocycles. The maximum atomic E-state index is 12.3. The molecule has 0 bridgehead atoms. The molecule has 4 heterocycles. The van der Waals surface area contributed by atoms with Gasteiger partial charge < -0.3 is 4.98 Å². The smallest absolute Gasteiger partial charge is 0.227 e. The third-order valence-corrected chi connectivity index (χ3v) is 4.68. The van der Waals surface area contributed by atoms with Gasteiger partial charge >= 0.3 is 0 Å². The topological polar surface area (TPSA) is 96.6 Å². The molecule has 0 spiro atoms. The lowest BCUT2D eigenvalue weighted by Crippen LogP contribution is -2.07. The van der Waals surface area contributed by atoms with Gasteiger partial charge in [-0.1, -0.05) is 6.07 Å². The predicted molar refractivity (Wildman–Crippen MR) is 106 cm³/mol. The SMILES string of the molecule is [C-]#[N+]c1cn(-c2nc3[nH]ccc(=O)c3cc2-c2ccc3[nH]ncc3c2)nc1C. The van der Waals surface area contributed by atoms with Gasteiger partial charge in [-0.3, -0.25) is 9.89 Å². The molecule has 1 aromatic carbocycles. The van der Waals surface area contributed by atoms with Gasteiger partial charge in [0.15, 0.2) is 11.2 Å². The van der Waals surface area contributed by atoms with Crippen molar-refractivity contribution in [3.8, 4) is 16.9 Å². The van der Waals surface area contributed by atoms with Crippen molar-refractivity contribution in [2.24, 2.45) is 0 Å². The van der Waals surface area contributed by atoms with Crippen LogP contribution in [0, 0.1) is 13.5 Å². The molecule has 28 heavy (non-hydrogen) atoms. The molecule has 8 heteroatoms. The first kappa shape index (κ1) is 16.0. The Morgan fingerprint density at radius 2 is 2.11 bits per heavy atom. The number of pyridine rings is 2. The zero-order valence-corrected chi connectivity index (χ0v) is 14.8. The zero-order chi connectivity index (χ0) is 19.3. The number of hydrogen-bond donors (Lipinski definition) is 2. The second-order valence-electron chi connectivity index (χ2n) is 6.43. The lowest BCUT2D eigenvalue weighted by atomic mass is 10.0. The number of hydrogen-bond acceptors (Lipinski definition) is 4. The summed E-state index contributed by atoms with van der Waals surface area (Å²) in [7, 11) is 0. The van der Waals surface area contributed by atoms with Gasteiger partial charge in [0.1, 0.15) is 5.65 Å². The molecule has 2 N–H and O–H groups in total. The van der Waals surface area contributed by atoms with Crippen LogP contribution in [-0.4, -0.2) is 29.9 Å². The minimum atomic E-state index is -0.114. The number of benzene rings is 1. The normalized spacial score (nSPS) is 11.1. The predicted octanol–water partition coefficient (Wildman–Crippen LogP) is 3.51. The van der Waals surface area contributed by atoms with E-state index in [4.69, 9.17) is 6.57 Å². The van der Waals surface area contributed by atoms with E-state index in [2.05, 4.69) is 30.1 Å². The van der Waals surface area contributed by atoms with Crippen molar-refractivity contribution in [3.63, 3.8) is 0 Å². The van der Waals surface area contributed by atoms with E-state index < -0.39 is 0 Å². The van der Waals surface area contributed by atoms with Gasteiger partial charge in [0, 0.05) is 29.4 Å². The maximum Gasteiger partial charge on any atom is 0.227 e. The number of rotatable bonds is 2. The molecule has 0 saturated heterocycles. The number of nitrogens with zero attached hydrogens (tertiary/aromatic N) is 5. The third kappa shape index (κ3) is 2.38. The first-order valence-corrected chi connectivity index (χ1v) is 8.54. The summed E-state index contributed by atoms with van der Waals surface area (Å²) >= 11 is 0. The Bertz CT molecular complexity index is 1470. The van der Waals surface area contributed by atoms with Crippen molar-refractivity contribution in [1.82, 2.24) is 29.9 Å². The zero-order valence-electron chi connectivity index (χ0n) is 14.8. The Labute approximate surface area is 158 Å². The Balaban J connectivity index is 1.85. The summed E-state index contributed by atoms with van der Waals surface area (Å²) in [6.45, 7) is 9.09. The number of nitrogens with one attached hydrogen (secondary N) is 2. The summed E-state index contributed by atoms with van der Waals surface area (Å²) in [5.74, 6) is 0.537. The number of aromatic amines is 2. The van der Waals surface area contributed by atoms with Gasteiger partial charge in [0.2, 0.25) is 5.69 Å². The molecule has 8 nitrogen and oxygen atoms in total. The second kappa shape index (κ2) is 5.89. The van der Waals surface area contributed by atoms with E-state index in [9.17, 15) is 4.79 Å². The summed E-state index contributed by atoms with van der Waals surface area (Å²) in [4.78, 5) is 23.5. The molecule has 0 saturated carbocycles. The molecule has 0 radical (unpaired) electrons. The molecule has 0 atom stereocenters. The average molecular weight is 367 g/mol. The van der Waals surface area contributed by atoms with Crippen molar-refractivity contribution < 1.29 is 0 Å². The fourth-order valence-electron chi connectivity index (χ4n) is 3.25. The monoisotopic (exact) mass is 367 g/mol. The molecular weight excluding hydrogens is 354 g/mol. The van der Waals surface area contributed by atoms with E-state index in [-0.39, 0.29) is 5.43 Å². The first-order valence-electron chi connectivity index (χ1n) is 8.54. The van der Waals surface area contributed by atoms with Crippen LogP contribution in [-0.2, 0) is 0 Å². The van der Waals surface area contributed by atoms with Crippen molar-refractivity contribution in [1.29, 1.82) is 0 Å². The number of fused-ring (bicyclic) bond motifs is 2. The largest absolute Gasteiger partial charge is 0.346 e. The highest BCUT2D eigenvalue weighted by atomic mass is 16.1. The molecule has 4 aromatic heterocycles. The summed E-state index contributed by atoms with van der Waals surface area (Å²) in [5, 5.41) is 12.9. The van der Waals surface area contributed by atoms with Crippen LogP contribution >= 0.6 is 0 Å². The summed E-state index contributed by atoms with van der Waals surface area (Å²) in [6.07, 6.45) is 4.96. The van der Waals surface area contributed by atoms with Gasteiger partial charge in [-0.25, -0.2) is 14.5 Å². The van der Waals surface area contributed by atoms with Crippen molar-refractivity contribution in [2.75, 3.05) is 0 Å². The quantitative estimate of drug-likeness (QED) is 0.467. The van der Waals surface area contributed by atoms with Gasteiger partial charge in [0.05, 0.1) is 29.4 Å². The van der Waals surface area contributed by atoms with Gasteiger partial charge in [0.25, 0.3) is 0 Å².